The Labute approximate surface area is 131 Å². The Bertz CT molecular complexity index is 759. The highest BCUT2D eigenvalue weighted by Gasteiger charge is 2.26. The van der Waals surface area contributed by atoms with Crippen LogP contribution >= 0.6 is 23.2 Å². The van der Waals surface area contributed by atoms with Gasteiger partial charge >= 0.3 is 0 Å². The van der Waals surface area contributed by atoms with E-state index in [9.17, 15) is 9.59 Å². The van der Waals surface area contributed by atoms with Crippen LogP contribution in [0.15, 0.2) is 36.4 Å². The van der Waals surface area contributed by atoms with E-state index < -0.39 is 0 Å². The number of nitrogens with one attached hydrogen (secondary N) is 2. The van der Waals surface area contributed by atoms with E-state index in [0.29, 0.717) is 27.7 Å². The number of hydrogen-bond acceptors (Lipinski definition) is 3. The van der Waals surface area contributed by atoms with Gasteiger partial charge in [-0.05, 0) is 29.8 Å². The number of amides is 2. The summed E-state index contributed by atoms with van der Waals surface area (Å²) < 4.78 is 0. The summed E-state index contributed by atoms with van der Waals surface area (Å²) in [5.41, 5.74) is 2.35. The van der Waals surface area contributed by atoms with Crippen molar-refractivity contribution in [3.63, 3.8) is 0 Å². The van der Waals surface area contributed by atoms with Gasteiger partial charge in [-0.2, -0.15) is 0 Å². The van der Waals surface area contributed by atoms with Gasteiger partial charge in [-0.15, -0.1) is 0 Å². The SMILES string of the molecule is O=C1NC(=O)c2cc(NCc3cccc(Cl)c3Cl)ccc21. The lowest BCUT2D eigenvalue weighted by atomic mass is 10.1. The summed E-state index contributed by atoms with van der Waals surface area (Å²) in [7, 11) is 0. The number of fused-ring (bicyclic) bond motifs is 1. The van der Waals surface area contributed by atoms with Crippen molar-refractivity contribution in [3.05, 3.63) is 63.1 Å². The second-order valence-electron chi connectivity index (χ2n) is 4.61. The molecule has 2 amide bonds. The molecule has 0 aromatic heterocycles. The Morgan fingerprint density at radius 1 is 1.00 bits per heavy atom. The quantitative estimate of drug-likeness (QED) is 0.851. The van der Waals surface area contributed by atoms with E-state index >= 15 is 0 Å². The average Bonchev–Trinajstić information content (AvgIpc) is 2.75. The van der Waals surface area contributed by atoms with Crippen LogP contribution in [0.4, 0.5) is 5.69 Å². The molecule has 0 saturated carbocycles. The van der Waals surface area contributed by atoms with Crippen LogP contribution < -0.4 is 10.6 Å². The Balaban J connectivity index is 1.81. The molecule has 0 unspecified atom stereocenters. The third-order valence-corrected chi connectivity index (χ3v) is 4.11. The highest BCUT2D eigenvalue weighted by atomic mass is 35.5. The Hall–Kier alpha value is -2.04. The van der Waals surface area contributed by atoms with E-state index in [1.54, 1.807) is 24.3 Å². The maximum absolute atomic E-state index is 11.6. The van der Waals surface area contributed by atoms with Crippen molar-refractivity contribution in [3.8, 4) is 0 Å². The molecule has 6 heteroatoms. The van der Waals surface area contributed by atoms with Crippen molar-refractivity contribution in [1.82, 2.24) is 5.32 Å². The van der Waals surface area contributed by atoms with Crippen LogP contribution in [-0.4, -0.2) is 11.8 Å². The van der Waals surface area contributed by atoms with E-state index in [1.165, 1.54) is 0 Å². The Morgan fingerprint density at radius 3 is 2.57 bits per heavy atom. The molecule has 1 aliphatic heterocycles. The maximum Gasteiger partial charge on any atom is 0.259 e. The van der Waals surface area contributed by atoms with E-state index in [1.807, 2.05) is 12.1 Å². The molecule has 4 nitrogen and oxygen atoms in total. The summed E-state index contributed by atoms with van der Waals surface area (Å²) in [5, 5.41) is 6.41. The fourth-order valence-corrected chi connectivity index (χ4v) is 2.55. The van der Waals surface area contributed by atoms with Gasteiger partial charge in [-0.3, -0.25) is 14.9 Å². The molecule has 2 aromatic rings. The first-order valence-electron chi connectivity index (χ1n) is 6.23. The topological polar surface area (TPSA) is 58.2 Å². The summed E-state index contributed by atoms with van der Waals surface area (Å²) in [6.45, 7) is 0.466. The molecule has 2 aromatic carbocycles. The van der Waals surface area contributed by atoms with E-state index in [2.05, 4.69) is 10.6 Å². The highest BCUT2D eigenvalue weighted by molar-refractivity contribution is 6.42. The van der Waals surface area contributed by atoms with E-state index in [-0.39, 0.29) is 11.8 Å². The first kappa shape index (κ1) is 13.9. The lowest BCUT2D eigenvalue weighted by Crippen LogP contribution is -2.19. The molecule has 3 rings (SSSR count). The molecule has 0 bridgehead atoms. The molecule has 2 N–H and O–H groups in total. The molecule has 0 atom stereocenters. The molecular weight excluding hydrogens is 311 g/mol. The molecule has 21 heavy (non-hydrogen) atoms. The number of carbonyl (C=O) groups excluding carboxylic acids is 2. The van der Waals surface area contributed by atoms with Crippen LogP contribution in [0.3, 0.4) is 0 Å². The predicted molar refractivity (Wildman–Crippen MR) is 82.0 cm³/mol. The minimum Gasteiger partial charge on any atom is -0.381 e. The second kappa shape index (κ2) is 5.39. The Kier molecular flexibility index (Phi) is 3.57. The van der Waals surface area contributed by atoms with Gasteiger partial charge in [0, 0.05) is 12.2 Å². The molecule has 0 fully saturated rings. The fourth-order valence-electron chi connectivity index (χ4n) is 2.16. The summed E-state index contributed by atoms with van der Waals surface area (Å²) in [6.07, 6.45) is 0. The van der Waals surface area contributed by atoms with Crippen molar-refractivity contribution in [2.75, 3.05) is 5.32 Å². The fraction of sp³-hybridized carbons (Fsp3) is 0.0667. The van der Waals surface area contributed by atoms with Crippen LogP contribution in [0.25, 0.3) is 0 Å². The molecule has 0 spiro atoms. The first-order chi connectivity index (χ1) is 10.1. The second-order valence-corrected chi connectivity index (χ2v) is 5.40. The number of halogens is 2. The molecule has 1 aliphatic rings. The number of rotatable bonds is 3. The number of carbonyl (C=O) groups is 2. The number of benzene rings is 2. The third kappa shape index (κ3) is 2.60. The van der Waals surface area contributed by atoms with E-state index in [4.69, 9.17) is 23.2 Å². The molecule has 106 valence electrons. The summed E-state index contributed by atoms with van der Waals surface area (Å²) in [5.74, 6) is -0.737. The van der Waals surface area contributed by atoms with E-state index in [0.717, 1.165) is 11.3 Å². The zero-order valence-corrected chi connectivity index (χ0v) is 12.3. The van der Waals surface area contributed by atoms with Crippen LogP contribution in [0, 0.1) is 0 Å². The first-order valence-corrected chi connectivity index (χ1v) is 6.98. The predicted octanol–water partition coefficient (Wildman–Crippen LogP) is 3.49. The zero-order valence-electron chi connectivity index (χ0n) is 10.7. The maximum atomic E-state index is 11.6. The van der Waals surface area contributed by atoms with Crippen LogP contribution in [0.2, 0.25) is 10.0 Å². The van der Waals surface area contributed by atoms with Gasteiger partial charge in [0.2, 0.25) is 0 Å². The largest absolute Gasteiger partial charge is 0.381 e. The van der Waals surface area contributed by atoms with Crippen molar-refractivity contribution >= 4 is 40.7 Å². The highest BCUT2D eigenvalue weighted by Crippen LogP contribution is 2.27. The summed E-state index contributed by atoms with van der Waals surface area (Å²) in [4.78, 5) is 23.1. The molecule has 0 radical (unpaired) electrons. The lowest BCUT2D eigenvalue weighted by molar-refractivity contribution is 0.0879. The summed E-state index contributed by atoms with van der Waals surface area (Å²) >= 11 is 12.1. The number of imide groups is 1. The average molecular weight is 321 g/mol. The normalized spacial score (nSPS) is 13.0. The third-order valence-electron chi connectivity index (χ3n) is 3.25. The molecular formula is C15H10Cl2N2O2. The van der Waals surface area contributed by atoms with Gasteiger partial charge in [-0.1, -0.05) is 35.3 Å². The van der Waals surface area contributed by atoms with Gasteiger partial charge < -0.3 is 5.32 Å². The van der Waals surface area contributed by atoms with Crippen molar-refractivity contribution in [2.45, 2.75) is 6.54 Å². The summed E-state index contributed by atoms with van der Waals surface area (Å²) in [6, 6.07) is 10.4. The number of anilines is 1. The van der Waals surface area contributed by atoms with Crippen LogP contribution in [0.5, 0.6) is 0 Å². The van der Waals surface area contributed by atoms with Gasteiger partial charge in [0.25, 0.3) is 11.8 Å². The van der Waals surface area contributed by atoms with Crippen molar-refractivity contribution in [2.24, 2.45) is 0 Å². The van der Waals surface area contributed by atoms with Crippen molar-refractivity contribution in [1.29, 1.82) is 0 Å². The van der Waals surface area contributed by atoms with Gasteiger partial charge in [0.1, 0.15) is 0 Å². The lowest BCUT2D eigenvalue weighted by Gasteiger charge is -2.09. The zero-order chi connectivity index (χ0) is 15.0. The van der Waals surface area contributed by atoms with Crippen LogP contribution in [-0.2, 0) is 6.54 Å². The van der Waals surface area contributed by atoms with Crippen LogP contribution in [0.1, 0.15) is 26.3 Å². The smallest absolute Gasteiger partial charge is 0.259 e. The van der Waals surface area contributed by atoms with Gasteiger partial charge in [0.05, 0.1) is 21.2 Å². The van der Waals surface area contributed by atoms with Gasteiger partial charge in [0.15, 0.2) is 0 Å². The molecule has 0 aliphatic carbocycles. The standard InChI is InChI=1S/C15H10Cl2N2O2/c16-12-3-1-2-8(13(12)17)7-18-9-4-5-10-11(6-9)15(21)19-14(10)20/h1-6,18H,7H2,(H,19,20,21). The molecule has 0 saturated heterocycles. The van der Waals surface area contributed by atoms with Crippen molar-refractivity contribution < 1.29 is 9.59 Å². The monoisotopic (exact) mass is 320 g/mol. The Morgan fingerprint density at radius 2 is 1.76 bits per heavy atom. The minimum atomic E-state index is -0.376. The number of hydrogen-bond donors (Lipinski definition) is 2. The minimum absolute atomic E-state index is 0.362. The molecule has 1 heterocycles. The van der Waals surface area contributed by atoms with Gasteiger partial charge in [-0.25, -0.2) is 0 Å².